The Morgan fingerprint density at radius 3 is 3.00 bits per heavy atom. The predicted octanol–water partition coefficient (Wildman–Crippen LogP) is 2.96. The summed E-state index contributed by atoms with van der Waals surface area (Å²) in [6.45, 7) is 2.21. The number of fused-ring (bicyclic) bond motifs is 1. The fraction of sp³-hybridized carbons (Fsp3) is 0.750. The molecular weight excluding hydrogens is 160 g/mol. The maximum Gasteiger partial charge on any atom is 0.136 e. The second-order valence-electron chi connectivity index (χ2n) is 4.58. The van der Waals surface area contributed by atoms with Gasteiger partial charge in [-0.15, -0.1) is 0 Å². The Morgan fingerprint density at radius 1 is 1.31 bits per heavy atom. The van der Waals surface area contributed by atoms with Crippen LogP contribution in [0.1, 0.15) is 39.0 Å². The lowest BCUT2D eigenvalue weighted by molar-refractivity contribution is -0.124. The van der Waals surface area contributed by atoms with E-state index in [0.717, 1.165) is 19.3 Å². The summed E-state index contributed by atoms with van der Waals surface area (Å²) >= 11 is 0. The lowest BCUT2D eigenvalue weighted by Gasteiger charge is -2.27. The molecule has 3 unspecified atom stereocenters. The number of carbonyl (C=O) groups excluding carboxylic acids is 1. The largest absolute Gasteiger partial charge is 0.299 e. The molecule has 2 rings (SSSR count). The Bertz CT molecular complexity index is 229. The van der Waals surface area contributed by atoms with Crippen LogP contribution >= 0.6 is 0 Å². The molecule has 0 bridgehead atoms. The SMILES string of the molecule is CC1C=CC2CCCCC(=O)C2C1. The second-order valence-corrected chi connectivity index (χ2v) is 4.58. The molecule has 0 aromatic heterocycles. The molecule has 1 fully saturated rings. The van der Waals surface area contributed by atoms with Crippen LogP contribution in [0.2, 0.25) is 0 Å². The van der Waals surface area contributed by atoms with Gasteiger partial charge in [-0.1, -0.05) is 25.5 Å². The summed E-state index contributed by atoms with van der Waals surface area (Å²) in [6.07, 6.45) is 10.1. The zero-order valence-corrected chi connectivity index (χ0v) is 8.33. The number of ketones is 1. The Kier molecular flexibility index (Phi) is 2.52. The Balaban J connectivity index is 2.16. The van der Waals surface area contributed by atoms with E-state index in [1.165, 1.54) is 12.8 Å². The zero-order valence-electron chi connectivity index (χ0n) is 8.33. The van der Waals surface area contributed by atoms with Crippen molar-refractivity contribution in [3.05, 3.63) is 12.2 Å². The number of rotatable bonds is 0. The molecule has 0 saturated heterocycles. The van der Waals surface area contributed by atoms with Crippen LogP contribution in [0.15, 0.2) is 12.2 Å². The molecule has 0 N–H and O–H groups in total. The maximum atomic E-state index is 11.8. The summed E-state index contributed by atoms with van der Waals surface area (Å²) in [5.74, 6) is 2.08. The number of hydrogen-bond acceptors (Lipinski definition) is 1. The quantitative estimate of drug-likeness (QED) is 0.521. The highest BCUT2D eigenvalue weighted by atomic mass is 16.1. The van der Waals surface area contributed by atoms with Gasteiger partial charge in [0, 0.05) is 12.3 Å². The van der Waals surface area contributed by atoms with E-state index in [1.54, 1.807) is 0 Å². The van der Waals surface area contributed by atoms with Gasteiger partial charge in [-0.2, -0.15) is 0 Å². The van der Waals surface area contributed by atoms with Crippen molar-refractivity contribution in [2.75, 3.05) is 0 Å². The molecule has 1 nitrogen and oxygen atoms in total. The van der Waals surface area contributed by atoms with E-state index in [2.05, 4.69) is 19.1 Å². The smallest absolute Gasteiger partial charge is 0.136 e. The molecule has 13 heavy (non-hydrogen) atoms. The van der Waals surface area contributed by atoms with Crippen LogP contribution in [-0.4, -0.2) is 5.78 Å². The van der Waals surface area contributed by atoms with Crippen LogP contribution in [0.25, 0.3) is 0 Å². The molecule has 2 aliphatic rings. The Labute approximate surface area is 80.2 Å². The number of allylic oxidation sites excluding steroid dienone is 2. The molecule has 0 aromatic rings. The van der Waals surface area contributed by atoms with Crippen LogP contribution in [0, 0.1) is 17.8 Å². The van der Waals surface area contributed by atoms with Crippen molar-refractivity contribution in [1.82, 2.24) is 0 Å². The molecular formula is C12H18O. The second kappa shape index (κ2) is 3.65. The fourth-order valence-corrected chi connectivity index (χ4v) is 2.65. The normalized spacial score (nSPS) is 39.8. The van der Waals surface area contributed by atoms with Crippen molar-refractivity contribution in [3.8, 4) is 0 Å². The van der Waals surface area contributed by atoms with Gasteiger partial charge < -0.3 is 0 Å². The minimum Gasteiger partial charge on any atom is -0.299 e. The molecule has 0 radical (unpaired) electrons. The van der Waals surface area contributed by atoms with Crippen LogP contribution in [0.4, 0.5) is 0 Å². The Hall–Kier alpha value is -0.590. The van der Waals surface area contributed by atoms with Crippen molar-refractivity contribution >= 4 is 5.78 Å². The van der Waals surface area contributed by atoms with E-state index in [4.69, 9.17) is 0 Å². The summed E-state index contributed by atoms with van der Waals surface area (Å²) in [5.41, 5.74) is 0. The van der Waals surface area contributed by atoms with E-state index >= 15 is 0 Å². The maximum absolute atomic E-state index is 11.8. The third kappa shape index (κ3) is 1.84. The summed E-state index contributed by atoms with van der Waals surface area (Å²) in [5, 5.41) is 0. The number of hydrogen-bond donors (Lipinski definition) is 0. The highest BCUT2D eigenvalue weighted by Gasteiger charge is 2.31. The fourth-order valence-electron chi connectivity index (χ4n) is 2.65. The summed E-state index contributed by atoms with van der Waals surface area (Å²) in [4.78, 5) is 11.8. The average molecular weight is 178 g/mol. The molecule has 0 spiro atoms. The molecule has 1 heteroatoms. The van der Waals surface area contributed by atoms with Crippen molar-refractivity contribution in [2.45, 2.75) is 39.0 Å². The highest BCUT2D eigenvalue weighted by Crippen LogP contribution is 2.35. The third-order valence-electron chi connectivity index (χ3n) is 3.45. The molecule has 0 amide bonds. The number of carbonyl (C=O) groups is 1. The number of Topliss-reactive ketones (excluding diaryl/α,β-unsaturated/α-hetero) is 1. The van der Waals surface area contributed by atoms with Crippen molar-refractivity contribution in [2.24, 2.45) is 17.8 Å². The van der Waals surface area contributed by atoms with Gasteiger partial charge in [0.1, 0.15) is 5.78 Å². The monoisotopic (exact) mass is 178 g/mol. The van der Waals surface area contributed by atoms with Gasteiger partial charge in [-0.25, -0.2) is 0 Å². The van der Waals surface area contributed by atoms with Crippen LogP contribution < -0.4 is 0 Å². The molecule has 0 aromatic carbocycles. The van der Waals surface area contributed by atoms with Crippen LogP contribution in [0.3, 0.4) is 0 Å². The first-order valence-corrected chi connectivity index (χ1v) is 5.48. The van der Waals surface area contributed by atoms with Gasteiger partial charge in [0.2, 0.25) is 0 Å². The first kappa shape index (κ1) is 8.98. The highest BCUT2D eigenvalue weighted by molar-refractivity contribution is 5.82. The minimum absolute atomic E-state index is 0.363. The first-order chi connectivity index (χ1) is 6.27. The minimum atomic E-state index is 0.363. The summed E-state index contributed by atoms with van der Waals surface area (Å²) < 4.78 is 0. The van der Waals surface area contributed by atoms with E-state index in [9.17, 15) is 4.79 Å². The molecule has 2 aliphatic carbocycles. The van der Waals surface area contributed by atoms with Crippen molar-refractivity contribution < 1.29 is 4.79 Å². The van der Waals surface area contributed by atoms with E-state index in [-0.39, 0.29) is 0 Å². The summed E-state index contributed by atoms with van der Waals surface area (Å²) in [6, 6.07) is 0. The molecule has 1 saturated carbocycles. The molecule has 72 valence electrons. The summed E-state index contributed by atoms with van der Waals surface area (Å²) in [7, 11) is 0. The standard InChI is InChI=1S/C12H18O/c1-9-6-7-10-4-2-3-5-12(13)11(10)8-9/h6-7,9-11H,2-5,8H2,1H3. The topological polar surface area (TPSA) is 17.1 Å². The molecule has 3 atom stereocenters. The lowest BCUT2D eigenvalue weighted by atomic mass is 9.76. The first-order valence-electron chi connectivity index (χ1n) is 5.48. The average Bonchev–Trinajstić information content (AvgIpc) is 2.29. The van der Waals surface area contributed by atoms with E-state index in [1.807, 2.05) is 0 Å². The van der Waals surface area contributed by atoms with Gasteiger partial charge in [0.15, 0.2) is 0 Å². The third-order valence-corrected chi connectivity index (χ3v) is 3.45. The van der Waals surface area contributed by atoms with Gasteiger partial charge in [-0.05, 0) is 31.1 Å². The van der Waals surface area contributed by atoms with Gasteiger partial charge in [0.05, 0.1) is 0 Å². The van der Waals surface area contributed by atoms with Gasteiger partial charge >= 0.3 is 0 Å². The van der Waals surface area contributed by atoms with Crippen LogP contribution in [0.5, 0.6) is 0 Å². The van der Waals surface area contributed by atoms with E-state index in [0.29, 0.717) is 23.5 Å². The van der Waals surface area contributed by atoms with Gasteiger partial charge in [-0.3, -0.25) is 4.79 Å². The molecule has 0 heterocycles. The van der Waals surface area contributed by atoms with Gasteiger partial charge in [0.25, 0.3) is 0 Å². The molecule has 0 aliphatic heterocycles. The van der Waals surface area contributed by atoms with E-state index < -0.39 is 0 Å². The Morgan fingerprint density at radius 2 is 2.15 bits per heavy atom. The van der Waals surface area contributed by atoms with Crippen molar-refractivity contribution in [1.29, 1.82) is 0 Å². The zero-order chi connectivity index (χ0) is 9.26. The van der Waals surface area contributed by atoms with Crippen LogP contribution in [-0.2, 0) is 4.79 Å². The lowest BCUT2D eigenvalue weighted by Crippen LogP contribution is -2.25. The van der Waals surface area contributed by atoms with Crippen molar-refractivity contribution in [3.63, 3.8) is 0 Å². The predicted molar refractivity (Wildman–Crippen MR) is 53.4 cm³/mol.